The van der Waals surface area contributed by atoms with Crippen LogP contribution in [0.4, 0.5) is 5.69 Å². The number of anilines is 1. The molecular formula is C18H21NO. The molecule has 1 N–H and O–H groups in total. The Morgan fingerprint density at radius 2 is 1.70 bits per heavy atom. The van der Waals surface area contributed by atoms with Gasteiger partial charge in [-0.15, -0.1) is 0 Å². The van der Waals surface area contributed by atoms with E-state index in [1.807, 2.05) is 24.3 Å². The lowest BCUT2D eigenvalue weighted by Gasteiger charge is -2.47. The van der Waals surface area contributed by atoms with Gasteiger partial charge in [0.15, 0.2) is 0 Å². The number of nitrogens with zero attached hydrogens (tertiary/aromatic N) is 1. The molecule has 1 atom stereocenters. The molecule has 2 nitrogen and oxygen atoms in total. The summed E-state index contributed by atoms with van der Waals surface area (Å²) in [7, 11) is 0. The molecule has 1 unspecified atom stereocenters. The lowest BCUT2D eigenvalue weighted by molar-refractivity contribution is 0.129. The fraction of sp³-hybridized carbons (Fsp3) is 0.333. The van der Waals surface area contributed by atoms with Crippen LogP contribution < -0.4 is 4.90 Å². The van der Waals surface area contributed by atoms with Crippen molar-refractivity contribution in [2.75, 3.05) is 4.90 Å². The molecular weight excluding hydrogens is 246 g/mol. The molecule has 0 saturated carbocycles. The number of benzene rings is 2. The van der Waals surface area contributed by atoms with E-state index in [2.05, 4.69) is 49.1 Å². The van der Waals surface area contributed by atoms with Crippen LogP contribution in [0.3, 0.4) is 0 Å². The molecule has 0 fully saturated rings. The molecule has 0 amide bonds. The van der Waals surface area contributed by atoms with E-state index < -0.39 is 0 Å². The van der Waals surface area contributed by atoms with Crippen molar-refractivity contribution in [1.82, 2.24) is 0 Å². The quantitative estimate of drug-likeness (QED) is 0.891. The molecule has 0 spiro atoms. The maximum atomic E-state index is 10.4. The Balaban J connectivity index is 2.01. The third-order valence-corrected chi connectivity index (χ3v) is 4.19. The topological polar surface area (TPSA) is 23.5 Å². The third-order valence-electron chi connectivity index (χ3n) is 4.19. The molecule has 3 rings (SSSR count). The van der Waals surface area contributed by atoms with Crippen LogP contribution in [0.2, 0.25) is 0 Å². The fourth-order valence-corrected chi connectivity index (χ4v) is 3.10. The zero-order chi connectivity index (χ0) is 14.2. The molecule has 0 aliphatic carbocycles. The minimum Gasteiger partial charge on any atom is -0.388 e. The summed E-state index contributed by atoms with van der Waals surface area (Å²) in [6.45, 7) is 5.28. The van der Waals surface area contributed by atoms with E-state index in [-0.39, 0.29) is 11.6 Å². The van der Waals surface area contributed by atoms with E-state index in [0.717, 1.165) is 24.2 Å². The van der Waals surface area contributed by atoms with Gasteiger partial charge in [-0.2, -0.15) is 0 Å². The van der Waals surface area contributed by atoms with Crippen molar-refractivity contribution < 1.29 is 5.11 Å². The number of hydrogen-bond acceptors (Lipinski definition) is 2. The van der Waals surface area contributed by atoms with Crippen LogP contribution in [0.5, 0.6) is 0 Å². The van der Waals surface area contributed by atoms with E-state index in [1.54, 1.807) is 0 Å². The van der Waals surface area contributed by atoms with Gasteiger partial charge in [0.1, 0.15) is 0 Å². The lowest BCUT2D eigenvalue weighted by atomic mass is 9.84. The molecule has 0 radical (unpaired) electrons. The van der Waals surface area contributed by atoms with Crippen LogP contribution in [0.1, 0.15) is 37.5 Å². The normalized spacial score (nSPS) is 20.6. The van der Waals surface area contributed by atoms with Gasteiger partial charge in [0.2, 0.25) is 0 Å². The number of hydrogen-bond donors (Lipinski definition) is 1. The molecule has 2 aromatic carbocycles. The summed E-state index contributed by atoms with van der Waals surface area (Å²) in [4.78, 5) is 2.41. The predicted octanol–water partition coefficient (Wildman–Crippen LogP) is 3.91. The number of rotatable bonds is 2. The molecule has 20 heavy (non-hydrogen) atoms. The molecule has 0 bridgehead atoms. The molecule has 0 saturated heterocycles. The summed E-state index contributed by atoms with van der Waals surface area (Å²) in [5.74, 6) is 0. The monoisotopic (exact) mass is 267 g/mol. The Hall–Kier alpha value is -1.80. The summed E-state index contributed by atoms with van der Waals surface area (Å²) in [6, 6.07) is 18.7. The maximum absolute atomic E-state index is 10.4. The molecule has 104 valence electrons. The van der Waals surface area contributed by atoms with Crippen LogP contribution in [0, 0.1) is 0 Å². The number of aliphatic hydroxyl groups is 1. The molecule has 2 aromatic rings. The first-order valence-electron chi connectivity index (χ1n) is 7.16. The summed E-state index contributed by atoms with van der Waals surface area (Å²) >= 11 is 0. The summed E-state index contributed by atoms with van der Waals surface area (Å²) in [5.41, 5.74) is 3.44. The summed E-state index contributed by atoms with van der Waals surface area (Å²) in [6.07, 6.45) is 0.393. The van der Waals surface area contributed by atoms with Crippen LogP contribution in [-0.4, -0.2) is 10.6 Å². The Kier molecular flexibility index (Phi) is 3.27. The van der Waals surface area contributed by atoms with Gasteiger partial charge in [-0.25, -0.2) is 0 Å². The van der Waals surface area contributed by atoms with Crippen molar-refractivity contribution in [3.8, 4) is 0 Å². The number of fused-ring (bicyclic) bond motifs is 1. The average molecular weight is 267 g/mol. The van der Waals surface area contributed by atoms with E-state index in [9.17, 15) is 5.11 Å². The van der Waals surface area contributed by atoms with Gasteiger partial charge in [0, 0.05) is 29.8 Å². The second kappa shape index (κ2) is 4.95. The first-order valence-corrected chi connectivity index (χ1v) is 7.16. The SMILES string of the molecule is CC1(C)CC(O)c2ccccc2N1Cc1ccccc1. The molecule has 1 heterocycles. The summed E-state index contributed by atoms with van der Waals surface area (Å²) < 4.78 is 0. The third kappa shape index (κ3) is 2.32. The minimum absolute atomic E-state index is 0.0520. The molecule has 1 aliphatic rings. The average Bonchev–Trinajstić information content (AvgIpc) is 2.44. The van der Waals surface area contributed by atoms with E-state index in [0.29, 0.717) is 0 Å². The highest BCUT2D eigenvalue weighted by atomic mass is 16.3. The van der Waals surface area contributed by atoms with E-state index >= 15 is 0 Å². The lowest BCUT2D eigenvalue weighted by Crippen LogP contribution is -2.48. The second-order valence-corrected chi connectivity index (χ2v) is 6.16. The van der Waals surface area contributed by atoms with Crippen LogP contribution in [0.25, 0.3) is 0 Å². The highest BCUT2D eigenvalue weighted by molar-refractivity contribution is 5.59. The maximum Gasteiger partial charge on any atom is 0.0832 e. The van der Waals surface area contributed by atoms with Crippen molar-refractivity contribution >= 4 is 5.69 Å². The zero-order valence-electron chi connectivity index (χ0n) is 12.1. The molecule has 1 aliphatic heterocycles. The smallest absolute Gasteiger partial charge is 0.0832 e. The van der Waals surface area contributed by atoms with Gasteiger partial charge in [0.05, 0.1) is 6.10 Å². The fourth-order valence-electron chi connectivity index (χ4n) is 3.10. The van der Waals surface area contributed by atoms with Crippen molar-refractivity contribution in [3.05, 3.63) is 65.7 Å². The Labute approximate surface area is 120 Å². The number of para-hydroxylation sites is 1. The van der Waals surface area contributed by atoms with Gasteiger partial charge < -0.3 is 10.0 Å². The Morgan fingerprint density at radius 3 is 2.45 bits per heavy atom. The first-order chi connectivity index (χ1) is 9.58. The van der Waals surface area contributed by atoms with Crippen molar-refractivity contribution in [1.29, 1.82) is 0 Å². The number of aliphatic hydroxyl groups excluding tert-OH is 1. The highest BCUT2D eigenvalue weighted by Crippen LogP contribution is 2.42. The van der Waals surface area contributed by atoms with Crippen LogP contribution in [-0.2, 0) is 6.54 Å². The zero-order valence-corrected chi connectivity index (χ0v) is 12.1. The van der Waals surface area contributed by atoms with Crippen LogP contribution in [0.15, 0.2) is 54.6 Å². The molecule has 2 heteroatoms. The van der Waals surface area contributed by atoms with Crippen molar-refractivity contribution in [3.63, 3.8) is 0 Å². The minimum atomic E-state index is -0.367. The van der Waals surface area contributed by atoms with Gasteiger partial charge in [-0.3, -0.25) is 0 Å². The Morgan fingerprint density at radius 1 is 1.05 bits per heavy atom. The Bertz CT molecular complexity index is 591. The van der Waals surface area contributed by atoms with Crippen molar-refractivity contribution in [2.24, 2.45) is 0 Å². The van der Waals surface area contributed by atoms with Gasteiger partial charge in [-0.1, -0.05) is 48.5 Å². The van der Waals surface area contributed by atoms with E-state index in [4.69, 9.17) is 0 Å². The highest BCUT2D eigenvalue weighted by Gasteiger charge is 2.36. The van der Waals surface area contributed by atoms with Gasteiger partial charge in [-0.05, 0) is 25.5 Å². The summed E-state index contributed by atoms with van der Waals surface area (Å²) in [5, 5.41) is 10.4. The van der Waals surface area contributed by atoms with Gasteiger partial charge >= 0.3 is 0 Å². The first kappa shape index (κ1) is 13.2. The standard InChI is InChI=1S/C18H21NO/c1-18(2)12-17(20)15-10-6-7-11-16(15)19(18)13-14-8-4-3-5-9-14/h3-11,17,20H,12-13H2,1-2H3. The van der Waals surface area contributed by atoms with Crippen molar-refractivity contribution in [2.45, 2.75) is 38.5 Å². The van der Waals surface area contributed by atoms with Gasteiger partial charge in [0.25, 0.3) is 0 Å². The predicted molar refractivity (Wildman–Crippen MR) is 82.7 cm³/mol. The van der Waals surface area contributed by atoms with Crippen LogP contribution >= 0.6 is 0 Å². The van der Waals surface area contributed by atoms with E-state index in [1.165, 1.54) is 5.56 Å². The molecule has 0 aromatic heterocycles. The second-order valence-electron chi connectivity index (χ2n) is 6.16. The largest absolute Gasteiger partial charge is 0.388 e.